The molecular formula is C20H26N2O6. The van der Waals surface area contributed by atoms with E-state index in [2.05, 4.69) is 0 Å². The lowest BCUT2D eigenvalue weighted by Crippen LogP contribution is -2.49. The summed E-state index contributed by atoms with van der Waals surface area (Å²) in [5.41, 5.74) is -0.343. The molecule has 1 amide bonds. The number of hydrogen-bond acceptors (Lipinski definition) is 7. The number of methoxy groups -OCH3 is 1. The van der Waals surface area contributed by atoms with Gasteiger partial charge in [-0.05, 0) is 32.9 Å². The third-order valence-electron chi connectivity index (χ3n) is 3.94. The first-order valence-corrected chi connectivity index (χ1v) is 9.04. The maximum absolute atomic E-state index is 12.3. The molecule has 152 valence electrons. The minimum absolute atomic E-state index is 0.138. The van der Waals surface area contributed by atoms with Crippen molar-refractivity contribution in [1.29, 1.82) is 5.26 Å². The fourth-order valence-corrected chi connectivity index (χ4v) is 2.73. The number of nitriles is 1. The average molecular weight is 390 g/mol. The topological polar surface area (TPSA) is 98.1 Å². The predicted molar refractivity (Wildman–Crippen MR) is 101 cm³/mol. The Morgan fingerprint density at radius 3 is 2.68 bits per heavy atom. The molecule has 1 aromatic rings. The van der Waals surface area contributed by atoms with Gasteiger partial charge in [0.05, 0.1) is 32.8 Å². The fourth-order valence-electron chi connectivity index (χ4n) is 2.73. The van der Waals surface area contributed by atoms with Gasteiger partial charge in [-0.25, -0.2) is 4.79 Å². The highest BCUT2D eigenvalue weighted by atomic mass is 16.6. The lowest BCUT2D eigenvalue weighted by molar-refractivity contribution is -0.0557. The molecule has 1 atom stereocenters. The molecule has 0 unspecified atom stereocenters. The molecular weight excluding hydrogens is 364 g/mol. The van der Waals surface area contributed by atoms with Gasteiger partial charge in [0.15, 0.2) is 5.78 Å². The molecule has 1 heterocycles. The standard InChI is InChI=1S/C20H26N2O6/c1-20(2,3)28-19(24)22-10-11-26-14(12-22)13-27-17-7-5-6-16(25-4)18(17)15(23)8-9-21/h5-7,14H,8,10-13H2,1-4H3/t14-/m0/s1. The molecule has 8 nitrogen and oxygen atoms in total. The van der Waals surface area contributed by atoms with Crippen LogP contribution >= 0.6 is 0 Å². The minimum Gasteiger partial charge on any atom is -0.496 e. The Morgan fingerprint density at radius 2 is 2.04 bits per heavy atom. The van der Waals surface area contributed by atoms with Gasteiger partial charge >= 0.3 is 6.09 Å². The van der Waals surface area contributed by atoms with Gasteiger partial charge < -0.3 is 23.8 Å². The number of ether oxygens (including phenoxy) is 4. The van der Waals surface area contributed by atoms with Crippen LogP contribution in [0.15, 0.2) is 18.2 Å². The molecule has 1 aromatic carbocycles. The summed E-state index contributed by atoms with van der Waals surface area (Å²) in [5, 5.41) is 8.83. The number of rotatable bonds is 6. The maximum Gasteiger partial charge on any atom is 0.410 e. The third kappa shape index (κ3) is 5.86. The number of ketones is 1. The van der Waals surface area contributed by atoms with Crippen LogP contribution < -0.4 is 9.47 Å². The Balaban J connectivity index is 2.05. The van der Waals surface area contributed by atoms with E-state index >= 15 is 0 Å². The zero-order valence-electron chi connectivity index (χ0n) is 16.7. The lowest BCUT2D eigenvalue weighted by atomic mass is 10.1. The van der Waals surface area contributed by atoms with Crippen LogP contribution in [0.2, 0.25) is 0 Å². The zero-order valence-corrected chi connectivity index (χ0v) is 16.7. The molecule has 0 aromatic heterocycles. The summed E-state index contributed by atoms with van der Waals surface area (Å²) in [6.07, 6.45) is -1.04. The molecule has 8 heteroatoms. The maximum atomic E-state index is 12.3. The molecule has 2 rings (SSSR count). The Labute approximate surface area is 164 Å². The Bertz CT molecular complexity index is 750. The molecule has 28 heavy (non-hydrogen) atoms. The van der Waals surface area contributed by atoms with Crippen LogP contribution in [0.3, 0.4) is 0 Å². The van der Waals surface area contributed by atoms with Crippen LogP contribution in [-0.2, 0) is 9.47 Å². The largest absolute Gasteiger partial charge is 0.496 e. The summed E-state index contributed by atoms with van der Waals surface area (Å²) in [4.78, 5) is 26.1. The number of Topliss-reactive ketones (excluding diaryl/α,β-unsaturated/α-hetero) is 1. The van der Waals surface area contributed by atoms with Gasteiger partial charge in [0.2, 0.25) is 0 Å². The van der Waals surface area contributed by atoms with Crippen molar-refractivity contribution in [3.05, 3.63) is 23.8 Å². The molecule has 0 N–H and O–H groups in total. The van der Waals surface area contributed by atoms with E-state index in [9.17, 15) is 9.59 Å². The monoisotopic (exact) mass is 390 g/mol. The van der Waals surface area contributed by atoms with Crippen LogP contribution in [0.25, 0.3) is 0 Å². The molecule has 0 radical (unpaired) electrons. The number of carbonyl (C=O) groups is 2. The fraction of sp³-hybridized carbons (Fsp3) is 0.550. The van der Waals surface area contributed by atoms with Gasteiger partial charge in [-0.1, -0.05) is 6.07 Å². The van der Waals surface area contributed by atoms with Crippen LogP contribution in [0.5, 0.6) is 11.5 Å². The van der Waals surface area contributed by atoms with E-state index in [-0.39, 0.29) is 30.5 Å². The van der Waals surface area contributed by atoms with Crippen LogP contribution in [0, 0.1) is 11.3 Å². The van der Waals surface area contributed by atoms with E-state index in [1.807, 2.05) is 26.8 Å². The first kappa shape index (κ1) is 21.5. The van der Waals surface area contributed by atoms with Gasteiger partial charge in [-0.15, -0.1) is 0 Å². The number of nitrogens with zero attached hydrogens (tertiary/aromatic N) is 2. The summed E-state index contributed by atoms with van der Waals surface area (Å²) in [5.74, 6) is 0.283. The number of morpholine rings is 1. The number of hydrogen-bond donors (Lipinski definition) is 0. The molecule has 0 aliphatic carbocycles. The second-order valence-corrected chi connectivity index (χ2v) is 7.32. The van der Waals surface area contributed by atoms with Gasteiger partial charge in [-0.3, -0.25) is 4.79 Å². The second kappa shape index (κ2) is 9.42. The lowest BCUT2D eigenvalue weighted by Gasteiger charge is -2.34. The predicted octanol–water partition coefficient (Wildman–Crippen LogP) is 2.81. The molecule has 0 spiro atoms. The zero-order chi connectivity index (χ0) is 20.7. The molecule has 0 saturated carbocycles. The van der Waals surface area contributed by atoms with E-state index in [1.165, 1.54) is 7.11 Å². The number of amides is 1. The number of benzene rings is 1. The number of carbonyl (C=O) groups excluding carboxylic acids is 2. The van der Waals surface area contributed by atoms with Gasteiger partial charge in [0.25, 0.3) is 0 Å². The average Bonchev–Trinajstić information content (AvgIpc) is 2.65. The van der Waals surface area contributed by atoms with E-state index in [1.54, 1.807) is 23.1 Å². The van der Waals surface area contributed by atoms with Crippen molar-refractivity contribution in [3.63, 3.8) is 0 Å². The summed E-state index contributed by atoms with van der Waals surface area (Å²) in [6.45, 7) is 6.71. The smallest absolute Gasteiger partial charge is 0.410 e. The van der Waals surface area contributed by atoms with Crippen LogP contribution in [0.4, 0.5) is 4.79 Å². The normalized spacial score (nSPS) is 16.8. The summed E-state index contributed by atoms with van der Waals surface area (Å²) in [7, 11) is 1.45. The molecule has 1 saturated heterocycles. The van der Waals surface area contributed by atoms with Gasteiger partial charge in [-0.2, -0.15) is 5.26 Å². The molecule has 1 aliphatic heterocycles. The van der Waals surface area contributed by atoms with Gasteiger partial charge in [0, 0.05) is 6.54 Å². The highest BCUT2D eigenvalue weighted by molar-refractivity contribution is 6.02. The molecule has 0 bridgehead atoms. The molecule has 1 aliphatic rings. The Hall–Kier alpha value is -2.79. The van der Waals surface area contributed by atoms with Crippen molar-refractivity contribution >= 4 is 11.9 Å². The SMILES string of the molecule is COc1cccc(OC[C@@H]2CN(C(=O)OC(C)(C)C)CCO2)c1C(=O)CC#N. The quantitative estimate of drug-likeness (QED) is 0.689. The second-order valence-electron chi connectivity index (χ2n) is 7.32. The Morgan fingerprint density at radius 1 is 1.32 bits per heavy atom. The first-order valence-electron chi connectivity index (χ1n) is 9.04. The van der Waals surface area contributed by atoms with Crippen molar-refractivity contribution in [2.24, 2.45) is 0 Å². The highest BCUT2D eigenvalue weighted by Crippen LogP contribution is 2.30. The minimum atomic E-state index is -0.571. The van der Waals surface area contributed by atoms with E-state index in [0.717, 1.165) is 0 Å². The van der Waals surface area contributed by atoms with E-state index in [4.69, 9.17) is 24.2 Å². The van der Waals surface area contributed by atoms with Crippen molar-refractivity contribution < 1.29 is 28.5 Å². The van der Waals surface area contributed by atoms with Crippen LogP contribution in [-0.4, -0.2) is 61.9 Å². The van der Waals surface area contributed by atoms with Crippen molar-refractivity contribution in [1.82, 2.24) is 4.90 Å². The molecule has 1 fully saturated rings. The van der Waals surface area contributed by atoms with Crippen molar-refractivity contribution in [3.8, 4) is 17.6 Å². The van der Waals surface area contributed by atoms with Crippen molar-refractivity contribution in [2.45, 2.75) is 38.9 Å². The van der Waals surface area contributed by atoms with E-state index < -0.39 is 11.7 Å². The van der Waals surface area contributed by atoms with Crippen LogP contribution in [0.1, 0.15) is 37.6 Å². The summed E-state index contributed by atoms with van der Waals surface area (Å²) in [6, 6.07) is 6.82. The third-order valence-corrected chi connectivity index (χ3v) is 3.94. The van der Waals surface area contributed by atoms with Gasteiger partial charge in [0.1, 0.15) is 35.4 Å². The van der Waals surface area contributed by atoms with E-state index in [0.29, 0.717) is 31.2 Å². The summed E-state index contributed by atoms with van der Waals surface area (Å²) >= 11 is 0. The summed E-state index contributed by atoms with van der Waals surface area (Å²) < 4.78 is 22.1. The highest BCUT2D eigenvalue weighted by Gasteiger charge is 2.29. The van der Waals surface area contributed by atoms with Crippen molar-refractivity contribution in [2.75, 3.05) is 33.4 Å². The first-order chi connectivity index (χ1) is 13.2. The Kier molecular flexibility index (Phi) is 7.24.